The van der Waals surface area contributed by atoms with E-state index < -0.39 is 0 Å². The number of hydrogen-bond donors (Lipinski definition) is 2. The Hall–Kier alpha value is -1.73. The lowest BCUT2D eigenvalue weighted by Gasteiger charge is -2.17. The lowest BCUT2D eigenvalue weighted by atomic mass is 9.90. The van der Waals surface area contributed by atoms with Crippen molar-refractivity contribution in [2.45, 2.75) is 5.92 Å². The van der Waals surface area contributed by atoms with Gasteiger partial charge in [-0.05, 0) is 39.7 Å². The number of nitrogens with zero attached hydrogens (tertiary/aromatic N) is 2. The Morgan fingerprint density at radius 3 is 3.00 bits per heavy atom. The number of rotatable bonds is 3. The summed E-state index contributed by atoms with van der Waals surface area (Å²) in [6.07, 6.45) is 3.73. The van der Waals surface area contributed by atoms with Crippen LogP contribution in [0.1, 0.15) is 11.5 Å². The second kappa shape index (κ2) is 6.18. The van der Waals surface area contributed by atoms with Crippen LogP contribution in [-0.4, -0.2) is 28.8 Å². The van der Waals surface area contributed by atoms with Crippen molar-refractivity contribution < 1.29 is 9.18 Å². The van der Waals surface area contributed by atoms with E-state index in [1.54, 1.807) is 23.0 Å². The van der Waals surface area contributed by atoms with Crippen LogP contribution >= 0.6 is 15.9 Å². The summed E-state index contributed by atoms with van der Waals surface area (Å²) in [4.78, 5) is 12.5. The van der Waals surface area contributed by atoms with Crippen LogP contribution in [0.5, 0.6) is 0 Å². The van der Waals surface area contributed by atoms with Gasteiger partial charge in [0.1, 0.15) is 5.82 Å². The van der Waals surface area contributed by atoms with Crippen LogP contribution in [0, 0.1) is 11.7 Å². The van der Waals surface area contributed by atoms with Gasteiger partial charge in [-0.25, -0.2) is 4.39 Å². The van der Waals surface area contributed by atoms with Crippen molar-refractivity contribution in [3.63, 3.8) is 0 Å². The molecule has 1 aromatic heterocycles. The van der Waals surface area contributed by atoms with Gasteiger partial charge in [0.25, 0.3) is 0 Å². The molecule has 1 fully saturated rings. The Bertz CT molecular complexity index is 703. The molecular formula is C15H16BrFN4O. The molecular weight excluding hydrogens is 351 g/mol. The van der Waals surface area contributed by atoms with Crippen molar-refractivity contribution in [3.8, 4) is 0 Å². The molecule has 3 rings (SSSR count). The smallest absolute Gasteiger partial charge is 0.229 e. The Balaban J connectivity index is 1.74. The van der Waals surface area contributed by atoms with Crippen molar-refractivity contribution in [1.29, 1.82) is 0 Å². The maximum Gasteiger partial charge on any atom is 0.229 e. The standard InChI is InChI=1S/C15H16BrFN4O/c1-21-8-9(5-19-21)11-6-18-7-12(11)15(22)20-10-2-3-14(17)13(16)4-10/h2-5,8,11-12,18H,6-7H2,1H3,(H,20,22)/t11-,12+/m1/s1. The largest absolute Gasteiger partial charge is 0.326 e. The Morgan fingerprint density at radius 2 is 2.32 bits per heavy atom. The van der Waals surface area contributed by atoms with Gasteiger partial charge in [-0.1, -0.05) is 0 Å². The van der Waals surface area contributed by atoms with Gasteiger partial charge in [0, 0.05) is 37.9 Å². The molecule has 0 aliphatic carbocycles. The van der Waals surface area contributed by atoms with E-state index in [2.05, 4.69) is 31.7 Å². The summed E-state index contributed by atoms with van der Waals surface area (Å²) < 4.78 is 15.3. The zero-order chi connectivity index (χ0) is 15.7. The first-order chi connectivity index (χ1) is 10.5. The maximum atomic E-state index is 13.2. The van der Waals surface area contributed by atoms with Gasteiger partial charge in [-0.15, -0.1) is 0 Å². The van der Waals surface area contributed by atoms with Crippen LogP contribution in [0.25, 0.3) is 0 Å². The van der Waals surface area contributed by atoms with Gasteiger partial charge < -0.3 is 10.6 Å². The molecule has 22 heavy (non-hydrogen) atoms. The summed E-state index contributed by atoms with van der Waals surface area (Å²) in [5.41, 5.74) is 1.63. The topological polar surface area (TPSA) is 59.0 Å². The van der Waals surface area contributed by atoms with Crippen LogP contribution in [0.15, 0.2) is 35.1 Å². The molecule has 116 valence electrons. The molecule has 2 aromatic rings. The highest BCUT2D eigenvalue weighted by molar-refractivity contribution is 9.10. The molecule has 2 N–H and O–H groups in total. The van der Waals surface area contributed by atoms with Crippen LogP contribution in [0.2, 0.25) is 0 Å². The third-order valence-electron chi connectivity index (χ3n) is 3.89. The maximum absolute atomic E-state index is 13.2. The summed E-state index contributed by atoms with van der Waals surface area (Å²) in [6.45, 7) is 1.37. The number of carbonyl (C=O) groups is 1. The molecule has 0 bridgehead atoms. The van der Waals surface area contributed by atoms with E-state index in [0.717, 1.165) is 12.1 Å². The highest BCUT2D eigenvalue weighted by Gasteiger charge is 2.34. The van der Waals surface area contributed by atoms with Crippen molar-refractivity contribution in [2.24, 2.45) is 13.0 Å². The molecule has 1 aromatic carbocycles. The molecule has 5 nitrogen and oxygen atoms in total. The number of aromatic nitrogens is 2. The lowest BCUT2D eigenvalue weighted by molar-refractivity contribution is -0.119. The zero-order valence-electron chi connectivity index (χ0n) is 12.0. The summed E-state index contributed by atoms with van der Waals surface area (Å²) >= 11 is 3.12. The minimum atomic E-state index is -0.353. The molecule has 0 unspecified atom stereocenters. The molecule has 1 aliphatic rings. The molecule has 1 amide bonds. The number of halogens is 2. The summed E-state index contributed by atoms with van der Waals surface area (Å²) in [5, 5.41) is 10.3. The fraction of sp³-hybridized carbons (Fsp3) is 0.333. The van der Waals surface area contributed by atoms with E-state index in [0.29, 0.717) is 16.7 Å². The van der Waals surface area contributed by atoms with Crippen molar-refractivity contribution in [1.82, 2.24) is 15.1 Å². The number of hydrogen-bond acceptors (Lipinski definition) is 3. The summed E-state index contributed by atoms with van der Waals surface area (Å²) in [6, 6.07) is 4.44. The van der Waals surface area contributed by atoms with E-state index in [1.165, 1.54) is 6.07 Å². The average molecular weight is 367 g/mol. The quantitative estimate of drug-likeness (QED) is 0.875. The first-order valence-electron chi connectivity index (χ1n) is 7.00. The Kier molecular flexibility index (Phi) is 4.26. The van der Waals surface area contributed by atoms with E-state index in [-0.39, 0.29) is 23.6 Å². The predicted octanol–water partition coefficient (Wildman–Crippen LogP) is 2.26. The van der Waals surface area contributed by atoms with Gasteiger partial charge in [0.2, 0.25) is 5.91 Å². The number of aryl methyl sites for hydroxylation is 1. The molecule has 0 spiro atoms. The third-order valence-corrected chi connectivity index (χ3v) is 4.50. The first kappa shape index (κ1) is 15.2. The van der Waals surface area contributed by atoms with Gasteiger partial charge in [-0.2, -0.15) is 5.10 Å². The first-order valence-corrected chi connectivity index (χ1v) is 7.79. The second-order valence-electron chi connectivity index (χ2n) is 5.44. The summed E-state index contributed by atoms with van der Waals surface area (Å²) in [7, 11) is 1.86. The minimum Gasteiger partial charge on any atom is -0.326 e. The van der Waals surface area contributed by atoms with Gasteiger partial charge >= 0.3 is 0 Å². The second-order valence-corrected chi connectivity index (χ2v) is 6.29. The van der Waals surface area contributed by atoms with Crippen LogP contribution < -0.4 is 10.6 Å². The van der Waals surface area contributed by atoms with E-state index >= 15 is 0 Å². The molecule has 2 atom stereocenters. The highest BCUT2D eigenvalue weighted by atomic mass is 79.9. The van der Waals surface area contributed by atoms with E-state index in [4.69, 9.17) is 0 Å². The molecule has 0 saturated carbocycles. The summed E-state index contributed by atoms with van der Waals surface area (Å²) in [5.74, 6) is -0.503. The number of amides is 1. The monoisotopic (exact) mass is 366 g/mol. The van der Waals surface area contributed by atoms with Crippen molar-refractivity contribution in [2.75, 3.05) is 18.4 Å². The average Bonchev–Trinajstić information content (AvgIpc) is 3.11. The van der Waals surface area contributed by atoms with E-state index in [1.807, 2.05) is 13.2 Å². The third kappa shape index (κ3) is 3.05. The van der Waals surface area contributed by atoms with Gasteiger partial charge in [-0.3, -0.25) is 9.48 Å². The fourth-order valence-corrected chi connectivity index (χ4v) is 3.12. The molecule has 2 heterocycles. The Labute approximate surface area is 136 Å². The molecule has 1 saturated heterocycles. The minimum absolute atomic E-state index is 0.0719. The number of anilines is 1. The zero-order valence-corrected chi connectivity index (χ0v) is 13.6. The normalized spacial score (nSPS) is 21.0. The highest BCUT2D eigenvalue weighted by Crippen LogP contribution is 2.29. The Morgan fingerprint density at radius 1 is 1.50 bits per heavy atom. The van der Waals surface area contributed by atoms with Crippen molar-refractivity contribution >= 4 is 27.5 Å². The molecule has 0 radical (unpaired) electrons. The number of benzene rings is 1. The fourth-order valence-electron chi connectivity index (χ4n) is 2.74. The SMILES string of the molecule is Cn1cc([C@H]2CNC[C@@H]2C(=O)Nc2ccc(F)c(Br)c2)cn1. The van der Waals surface area contributed by atoms with Gasteiger partial charge in [0.05, 0.1) is 16.6 Å². The molecule has 7 heteroatoms. The lowest BCUT2D eigenvalue weighted by Crippen LogP contribution is -2.28. The number of nitrogens with one attached hydrogen (secondary N) is 2. The number of carbonyl (C=O) groups excluding carboxylic acids is 1. The van der Waals surface area contributed by atoms with Gasteiger partial charge in [0.15, 0.2) is 0 Å². The van der Waals surface area contributed by atoms with Crippen LogP contribution in [-0.2, 0) is 11.8 Å². The predicted molar refractivity (Wildman–Crippen MR) is 85.0 cm³/mol. The van der Waals surface area contributed by atoms with Crippen LogP contribution in [0.3, 0.4) is 0 Å². The van der Waals surface area contributed by atoms with Crippen LogP contribution in [0.4, 0.5) is 10.1 Å². The van der Waals surface area contributed by atoms with E-state index in [9.17, 15) is 9.18 Å². The van der Waals surface area contributed by atoms with Crippen molar-refractivity contribution in [3.05, 3.63) is 46.4 Å². The molecule has 1 aliphatic heterocycles.